The van der Waals surface area contributed by atoms with E-state index in [1.807, 2.05) is 25.1 Å². The molecule has 20 heavy (non-hydrogen) atoms. The van der Waals surface area contributed by atoms with Gasteiger partial charge < -0.3 is 15.3 Å². The first-order chi connectivity index (χ1) is 9.54. The Balaban J connectivity index is 2.44. The number of hydrogen-bond acceptors (Lipinski definition) is 3. The minimum absolute atomic E-state index is 0.373. The predicted molar refractivity (Wildman–Crippen MR) is 75.4 cm³/mol. The molecule has 0 bridgehead atoms. The number of pyridine rings is 1. The molecule has 0 aromatic carbocycles. The number of amides is 2. The Kier molecular flexibility index (Phi) is 6.49. The summed E-state index contributed by atoms with van der Waals surface area (Å²) in [5.74, 6) is -1.00. The standard InChI is InChI=1S/C14H21N3O3/c1-3-6-12(13(18)19)16-14(20)17(2)10-8-11-7-4-5-9-15-11/h4-5,7,9,12H,3,6,8,10H2,1-2H3,(H,16,20)(H,18,19)/t12-/m0/s1. The minimum Gasteiger partial charge on any atom is -0.480 e. The van der Waals surface area contributed by atoms with Gasteiger partial charge >= 0.3 is 12.0 Å². The molecule has 6 nitrogen and oxygen atoms in total. The highest BCUT2D eigenvalue weighted by atomic mass is 16.4. The number of rotatable bonds is 7. The minimum atomic E-state index is -1.00. The molecule has 0 fully saturated rings. The summed E-state index contributed by atoms with van der Waals surface area (Å²) >= 11 is 0. The fourth-order valence-electron chi connectivity index (χ4n) is 1.74. The topological polar surface area (TPSA) is 82.5 Å². The van der Waals surface area contributed by atoms with E-state index in [1.54, 1.807) is 13.2 Å². The number of nitrogens with one attached hydrogen (secondary N) is 1. The fraction of sp³-hybridized carbons (Fsp3) is 0.500. The van der Waals surface area contributed by atoms with E-state index < -0.39 is 12.0 Å². The molecule has 0 aliphatic rings. The Morgan fingerprint density at radius 1 is 1.45 bits per heavy atom. The Hall–Kier alpha value is -2.11. The number of carbonyl (C=O) groups excluding carboxylic acids is 1. The number of nitrogens with zero attached hydrogens (tertiary/aromatic N) is 2. The van der Waals surface area contributed by atoms with Crippen LogP contribution in [0.2, 0.25) is 0 Å². The van der Waals surface area contributed by atoms with Crippen molar-refractivity contribution in [3.05, 3.63) is 30.1 Å². The van der Waals surface area contributed by atoms with Gasteiger partial charge in [-0.2, -0.15) is 0 Å². The number of likely N-dealkylation sites (N-methyl/N-ethyl adjacent to an activating group) is 1. The zero-order valence-electron chi connectivity index (χ0n) is 11.9. The van der Waals surface area contributed by atoms with E-state index >= 15 is 0 Å². The molecule has 1 aromatic rings. The molecule has 1 heterocycles. The van der Waals surface area contributed by atoms with E-state index in [4.69, 9.17) is 5.11 Å². The van der Waals surface area contributed by atoms with Gasteiger partial charge in [-0.05, 0) is 18.6 Å². The van der Waals surface area contributed by atoms with Gasteiger partial charge in [-0.1, -0.05) is 19.4 Å². The van der Waals surface area contributed by atoms with Crippen LogP contribution in [0.1, 0.15) is 25.5 Å². The SMILES string of the molecule is CCC[C@H](NC(=O)N(C)CCc1ccccn1)C(=O)O. The van der Waals surface area contributed by atoms with Gasteiger partial charge in [0.15, 0.2) is 0 Å². The average Bonchev–Trinajstić information content (AvgIpc) is 2.45. The van der Waals surface area contributed by atoms with Crippen molar-refractivity contribution in [1.29, 1.82) is 0 Å². The van der Waals surface area contributed by atoms with Crippen molar-refractivity contribution in [2.45, 2.75) is 32.2 Å². The van der Waals surface area contributed by atoms with Gasteiger partial charge in [0.1, 0.15) is 6.04 Å². The number of carbonyl (C=O) groups is 2. The van der Waals surface area contributed by atoms with Crippen molar-refractivity contribution in [3.63, 3.8) is 0 Å². The molecule has 0 spiro atoms. The second kappa shape index (κ2) is 8.14. The predicted octanol–water partition coefficient (Wildman–Crippen LogP) is 1.52. The zero-order chi connectivity index (χ0) is 15.0. The maximum Gasteiger partial charge on any atom is 0.326 e. The molecule has 1 atom stereocenters. The summed E-state index contributed by atoms with van der Waals surface area (Å²) in [6.45, 7) is 2.37. The van der Waals surface area contributed by atoms with Crippen LogP contribution in [0.25, 0.3) is 0 Å². The molecule has 2 N–H and O–H groups in total. The Morgan fingerprint density at radius 2 is 2.20 bits per heavy atom. The van der Waals surface area contributed by atoms with Crippen LogP contribution < -0.4 is 5.32 Å². The summed E-state index contributed by atoms with van der Waals surface area (Å²) in [4.78, 5) is 28.5. The first-order valence-corrected chi connectivity index (χ1v) is 6.69. The second-order valence-corrected chi connectivity index (χ2v) is 4.62. The number of urea groups is 1. The second-order valence-electron chi connectivity index (χ2n) is 4.62. The molecule has 0 radical (unpaired) electrons. The monoisotopic (exact) mass is 279 g/mol. The third-order valence-corrected chi connectivity index (χ3v) is 2.95. The zero-order valence-corrected chi connectivity index (χ0v) is 11.9. The van der Waals surface area contributed by atoms with Crippen LogP contribution in [0, 0.1) is 0 Å². The third-order valence-electron chi connectivity index (χ3n) is 2.95. The van der Waals surface area contributed by atoms with Gasteiger partial charge in [0.05, 0.1) is 0 Å². The molecule has 6 heteroatoms. The molecule has 1 rings (SSSR count). The lowest BCUT2D eigenvalue weighted by molar-refractivity contribution is -0.139. The fourth-order valence-corrected chi connectivity index (χ4v) is 1.74. The largest absolute Gasteiger partial charge is 0.480 e. The average molecular weight is 279 g/mol. The van der Waals surface area contributed by atoms with E-state index in [-0.39, 0.29) is 6.03 Å². The lowest BCUT2D eigenvalue weighted by Crippen LogP contribution is -2.47. The van der Waals surface area contributed by atoms with Crippen molar-refractivity contribution in [3.8, 4) is 0 Å². The molecule has 1 aromatic heterocycles. The van der Waals surface area contributed by atoms with Crippen LogP contribution in [-0.4, -0.2) is 46.6 Å². The first kappa shape index (κ1) is 15.9. The van der Waals surface area contributed by atoms with Crippen LogP contribution in [-0.2, 0) is 11.2 Å². The quantitative estimate of drug-likeness (QED) is 0.792. The van der Waals surface area contributed by atoms with Crippen molar-refractivity contribution in [2.24, 2.45) is 0 Å². The molecule has 0 saturated carbocycles. The molecular formula is C14H21N3O3. The van der Waals surface area contributed by atoms with E-state index in [9.17, 15) is 9.59 Å². The highest BCUT2D eigenvalue weighted by Crippen LogP contribution is 2.00. The molecule has 0 saturated heterocycles. The van der Waals surface area contributed by atoms with E-state index in [0.717, 1.165) is 5.69 Å². The molecule has 0 aliphatic heterocycles. The van der Waals surface area contributed by atoms with Crippen molar-refractivity contribution in [2.75, 3.05) is 13.6 Å². The summed E-state index contributed by atoms with van der Waals surface area (Å²) in [5, 5.41) is 11.5. The van der Waals surface area contributed by atoms with Crippen LogP contribution in [0.5, 0.6) is 0 Å². The van der Waals surface area contributed by atoms with Crippen LogP contribution in [0.3, 0.4) is 0 Å². The third kappa shape index (κ3) is 5.26. The van der Waals surface area contributed by atoms with Gasteiger partial charge in [0, 0.05) is 31.9 Å². The van der Waals surface area contributed by atoms with E-state index in [2.05, 4.69) is 10.3 Å². The Labute approximate surface area is 118 Å². The molecule has 0 aliphatic carbocycles. The number of aliphatic carboxylic acids is 1. The maximum atomic E-state index is 11.9. The normalized spacial score (nSPS) is 11.7. The van der Waals surface area contributed by atoms with Gasteiger partial charge in [0.25, 0.3) is 0 Å². The molecule has 110 valence electrons. The lowest BCUT2D eigenvalue weighted by atomic mass is 10.2. The number of hydrogen-bond donors (Lipinski definition) is 2. The first-order valence-electron chi connectivity index (χ1n) is 6.69. The lowest BCUT2D eigenvalue weighted by Gasteiger charge is -2.21. The maximum absolute atomic E-state index is 11.9. The summed E-state index contributed by atoms with van der Waals surface area (Å²) < 4.78 is 0. The summed E-state index contributed by atoms with van der Waals surface area (Å²) in [5.41, 5.74) is 0.899. The molecular weight excluding hydrogens is 258 g/mol. The highest BCUT2D eigenvalue weighted by Gasteiger charge is 2.20. The van der Waals surface area contributed by atoms with Gasteiger partial charge in [-0.25, -0.2) is 9.59 Å². The van der Waals surface area contributed by atoms with Gasteiger partial charge in [0.2, 0.25) is 0 Å². The molecule has 2 amide bonds. The summed E-state index contributed by atoms with van der Waals surface area (Å²) in [6, 6.07) is 4.42. The van der Waals surface area contributed by atoms with Crippen LogP contribution in [0.15, 0.2) is 24.4 Å². The van der Waals surface area contributed by atoms with Crippen molar-refractivity contribution in [1.82, 2.24) is 15.2 Å². The molecule has 0 unspecified atom stereocenters. The highest BCUT2D eigenvalue weighted by molar-refractivity contribution is 5.82. The number of carboxylic acid groups (broad SMARTS) is 1. The van der Waals surface area contributed by atoms with E-state index in [1.165, 1.54) is 4.90 Å². The number of carboxylic acids is 1. The van der Waals surface area contributed by atoms with Gasteiger partial charge in [-0.3, -0.25) is 4.98 Å². The van der Waals surface area contributed by atoms with Crippen LogP contribution in [0.4, 0.5) is 4.79 Å². The van der Waals surface area contributed by atoms with Crippen molar-refractivity contribution >= 4 is 12.0 Å². The van der Waals surface area contributed by atoms with Crippen LogP contribution >= 0.6 is 0 Å². The summed E-state index contributed by atoms with van der Waals surface area (Å²) in [6.07, 6.45) is 3.47. The van der Waals surface area contributed by atoms with Gasteiger partial charge in [-0.15, -0.1) is 0 Å². The Morgan fingerprint density at radius 3 is 2.75 bits per heavy atom. The Bertz CT molecular complexity index is 437. The number of aromatic nitrogens is 1. The smallest absolute Gasteiger partial charge is 0.326 e. The summed E-state index contributed by atoms with van der Waals surface area (Å²) in [7, 11) is 1.64. The van der Waals surface area contributed by atoms with E-state index in [0.29, 0.717) is 25.8 Å². The van der Waals surface area contributed by atoms with Crippen molar-refractivity contribution < 1.29 is 14.7 Å².